The fraction of sp³-hybridized carbons (Fsp3) is 0.222. The molecule has 0 aliphatic carbocycles. The van der Waals surface area contributed by atoms with Crippen LogP contribution in [0, 0.1) is 0 Å². The zero-order valence-corrected chi connectivity index (χ0v) is 13.3. The Morgan fingerprint density at radius 3 is 2.22 bits per heavy atom. The number of rotatable bonds is 5. The van der Waals surface area contributed by atoms with Crippen molar-refractivity contribution in [2.24, 2.45) is 0 Å². The van der Waals surface area contributed by atoms with Crippen LogP contribution in [0.15, 0.2) is 48.5 Å². The molecule has 0 aromatic heterocycles. The number of carbonyl (C=O) groups excluding carboxylic acids is 2. The number of anilines is 1. The van der Waals surface area contributed by atoms with Gasteiger partial charge in [0.05, 0.1) is 11.8 Å². The van der Waals surface area contributed by atoms with Crippen LogP contribution in [-0.2, 0) is 4.79 Å². The van der Waals surface area contributed by atoms with Gasteiger partial charge in [0.2, 0.25) is 5.91 Å². The minimum atomic E-state index is -0.543. The lowest BCUT2D eigenvalue weighted by molar-refractivity contribution is -0.114. The van der Waals surface area contributed by atoms with Gasteiger partial charge in [0.1, 0.15) is 11.3 Å². The molecule has 5 heteroatoms. The molecule has 0 atom stereocenters. The summed E-state index contributed by atoms with van der Waals surface area (Å²) in [6, 6.07) is 13.7. The quantitative estimate of drug-likeness (QED) is 0.676. The van der Waals surface area contributed by atoms with E-state index in [0.29, 0.717) is 17.0 Å². The van der Waals surface area contributed by atoms with Crippen LogP contribution in [-0.4, -0.2) is 18.0 Å². The predicted octanol–water partition coefficient (Wildman–Crippen LogP) is 3.65. The lowest BCUT2D eigenvalue weighted by atomic mass is 10.2. The van der Waals surface area contributed by atoms with Crippen molar-refractivity contribution in [1.82, 2.24) is 0 Å². The van der Waals surface area contributed by atoms with Crippen LogP contribution in [0.25, 0.3) is 0 Å². The van der Waals surface area contributed by atoms with Gasteiger partial charge < -0.3 is 14.8 Å². The number of ether oxygens (including phenoxy) is 2. The lowest BCUT2D eigenvalue weighted by Crippen LogP contribution is -2.15. The molecule has 1 amide bonds. The van der Waals surface area contributed by atoms with Gasteiger partial charge >= 0.3 is 5.97 Å². The van der Waals surface area contributed by atoms with Crippen molar-refractivity contribution in [1.29, 1.82) is 0 Å². The molecule has 0 fully saturated rings. The molecule has 0 saturated carbocycles. The molecule has 0 saturated heterocycles. The van der Waals surface area contributed by atoms with Crippen molar-refractivity contribution in [2.45, 2.75) is 26.9 Å². The highest BCUT2D eigenvalue weighted by Crippen LogP contribution is 2.27. The average molecular weight is 313 g/mol. The van der Waals surface area contributed by atoms with Crippen molar-refractivity contribution in [3.8, 4) is 11.5 Å². The minimum absolute atomic E-state index is 0.0596. The van der Waals surface area contributed by atoms with Crippen LogP contribution in [0.5, 0.6) is 11.5 Å². The summed E-state index contributed by atoms with van der Waals surface area (Å²) in [5.74, 6) is -0.0346. The molecular weight excluding hydrogens is 294 g/mol. The second kappa shape index (κ2) is 7.45. The summed E-state index contributed by atoms with van der Waals surface area (Å²) in [5, 5.41) is 2.63. The van der Waals surface area contributed by atoms with E-state index in [4.69, 9.17) is 9.47 Å². The van der Waals surface area contributed by atoms with Crippen molar-refractivity contribution in [3.05, 3.63) is 54.1 Å². The number of hydrogen-bond acceptors (Lipinski definition) is 4. The highest BCUT2D eigenvalue weighted by Gasteiger charge is 2.17. The van der Waals surface area contributed by atoms with E-state index >= 15 is 0 Å². The smallest absolute Gasteiger partial charge is 0.347 e. The Labute approximate surface area is 135 Å². The molecule has 2 aromatic rings. The molecule has 0 unspecified atom stereocenters. The van der Waals surface area contributed by atoms with Crippen LogP contribution in [0.2, 0.25) is 0 Å². The standard InChI is InChI=1S/C18H19NO4/c1-12(2)22-16-10-6-4-8-14(16)18(21)23-17-11-7-5-9-15(17)19-13(3)20/h4-12H,1-3H3,(H,19,20). The average Bonchev–Trinajstić information content (AvgIpc) is 2.48. The SMILES string of the molecule is CC(=O)Nc1ccccc1OC(=O)c1ccccc1OC(C)C. The Hall–Kier alpha value is -2.82. The predicted molar refractivity (Wildman–Crippen MR) is 87.9 cm³/mol. The van der Waals surface area contributed by atoms with Gasteiger partial charge in [0.25, 0.3) is 0 Å². The maximum atomic E-state index is 12.4. The van der Waals surface area contributed by atoms with E-state index in [9.17, 15) is 9.59 Å². The first-order valence-electron chi connectivity index (χ1n) is 7.32. The number of nitrogens with one attached hydrogen (secondary N) is 1. The Balaban J connectivity index is 2.25. The van der Waals surface area contributed by atoms with E-state index in [-0.39, 0.29) is 17.8 Å². The van der Waals surface area contributed by atoms with E-state index in [1.54, 1.807) is 48.5 Å². The summed E-state index contributed by atoms with van der Waals surface area (Å²) in [5.41, 5.74) is 0.773. The molecule has 2 rings (SSSR count). The first kappa shape index (κ1) is 16.5. The zero-order valence-electron chi connectivity index (χ0n) is 13.3. The largest absolute Gasteiger partial charge is 0.490 e. The summed E-state index contributed by atoms with van der Waals surface area (Å²) in [6.07, 6.45) is -0.0596. The molecule has 0 radical (unpaired) electrons. The Morgan fingerprint density at radius 1 is 0.957 bits per heavy atom. The molecule has 0 spiro atoms. The number of benzene rings is 2. The van der Waals surface area contributed by atoms with E-state index in [1.165, 1.54) is 6.92 Å². The van der Waals surface area contributed by atoms with Gasteiger partial charge in [-0.2, -0.15) is 0 Å². The van der Waals surface area contributed by atoms with Gasteiger partial charge in [0, 0.05) is 6.92 Å². The van der Waals surface area contributed by atoms with Crippen LogP contribution >= 0.6 is 0 Å². The lowest BCUT2D eigenvalue weighted by Gasteiger charge is -2.14. The Kier molecular flexibility index (Phi) is 5.36. The van der Waals surface area contributed by atoms with Gasteiger partial charge in [-0.15, -0.1) is 0 Å². The second-order valence-electron chi connectivity index (χ2n) is 5.23. The molecule has 5 nitrogen and oxygen atoms in total. The minimum Gasteiger partial charge on any atom is -0.490 e. The zero-order chi connectivity index (χ0) is 16.8. The van der Waals surface area contributed by atoms with Crippen molar-refractivity contribution in [3.63, 3.8) is 0 Å². The summed E-state index contributed by atoms with van der Waals surface area (Å²) in [6.45, 7) is 5.16. The third kappa shape index (κ3) is 4.57. The maximum absolute atomic E-state index is 12.4. The highest BCUT2D eigenvalue weighted by atomic mass is 16.5. The molecule has 0 heterocycles. The van der Waals surface area contributed by atoms with Gasteiger partial charge in [-0.05, 0) is 38.1 Å². The molecule has 23 heavy (non-hydrogen) atoms. The summed E-state index contributed by atoms with van der Waals surface area (Å²) in [7, 11) is 0. The molecule has 0 aliphatic rings. The number of esters is 1. The van der Waals surface area contributed by atoms with Gasteiger partial charge in [-0.1, -0.05) is 24.3 Å². The number of carbonyl (C=O) groups is 2. The van der Waals surface area contributed by atoms with Crippen LogP contribution in [0.1, 0.15) is 31.1 Å². The second-order valence-corrected chi connectivity index (χ2v) is 5.23. The van der Waals surface area contributed by atoms with E-state index in [2.05, 4.69) is 5.32 Å². The normalized spacial score (nSPS) is 10.3. The third-order valence-corrected chi connectivity index (χ3v) is 2.87. The van der Waals surface area contributed by atoms with E-state index in [0.717, 1.165) is 0 Å². The number of hydrogen-bond donors (Lipinski definition) is 1. The summed E-state index contributed by atoms with van der Waals surface area (Å²) < 4.78 is 11.0. The van der Waals surface area contributed by atoms with Crippen molar-refractivity contribution in [2.75, 3.05) is 5.32 Å². The molecule has 0 aliphatic heterocycles. The van der Waals surface area contributed by atoms with Crippen molar-refractivity contribution < 1.29 is 19.1 Å². The molecule has 2 aromatic carbocycles. The van der Waals surface area contributed by atoms with Crippen molar-refractivity contribution >= 4 is 17.6 Å². The van der Waals surface area contributed by atoms with Gasteiger partial charge in [-0.25, -0.2) is 4.79 Å². The molecule has 120 valence electrons. The van der Waals surface area contributed by atoms with E-state index < -0.39 is 5.97 Å². The summed E-state index contributed by atoms with van der Waals surface area (Å²) >= 11 is 0. The van der Waals surface area contributed by atoms with Crippen LogP contribution in [0.4, 0.5) is 5.69 Å². The topological polar surface area (TPSA) is 64.6 Å². The highest BCUT2D eigenvalue weighted by molar-refractivity contribution is 5.96. The van der Waals surface area contributed by atoms with Crippen LogP contribution in [0.3, 0.4) is 0 Å². The first-order chi connectivity index (χ1) is 11.0. The van der Waals surface area contributed by atoms with E-state index in [1.807, 2.05) is 13.8 Å². The number of amides is 1. The van der Waals surface area contributed by atoms with Gasteiger partial charge in [-0.3, -0.25) is 4.79 Å². The maximum Gasteiger partial charge on any atom is 0.347 e. The fourth-order valence-corrected chi connectivity index (χ4v) is 2.00. The first-order valence-corrected chi connectivity index (χ1v) is 7.32. The fourth-order valence-electron chi connectivity index (χ4n) is 2.00. The summed E-state index contributed by atoms with van der Waals surface area (Å²) in [4.78, 5) is 23.7. The monoisotopic (exact) mass is 313 g/mol. The Bertz CT molecular complexity index is 710. The Morgan fingerprint density at radius 2 is 1.57 bits per heavy atom. The van der Waals surface area contributed by atoms with Gasteiger partial charge in [0.15, 0.2) is 5.75 Å². The van der Waals surface area contributed by atoms with Crippen LogP contribution < -0.4 is 14.8 Å². The molecular formula is C18H19NO4. The number of para-hydroxylation sites is 3. The molecule has 1 N–H and O–H groups in total. The third-order valence-electron chi connectivity index (χ3n) is 2.87. The molecule has 0 bridgehead atoms.